The van der Waals surface area contributed by atoms with E-state index in [0.717, 1.165) is 18.4 Å². The van der Waals surface area contributed by atoms with Crippen molar-refractivity contribution in [3.8, 4) is 0 Å². The van der Waals surface area contributed by atoms with Gasteiger partial charge in [-0.15, -0.1) is 0 Å². The van der Waals surface area contributed by atoms with Gasteiger partial charge in [-0.3, -0.25) is 10.1 Å². The van der Waals surface area contributed by atoms with Crippen LogP contribution in [0.25, 0.3) is 0 Å². The summed E-state index contributed by atoms with van der Waals surface area (Å²) >= 11 is 3.47. The Kier molecular flexibility index (Phi) is 2.47. The van der Waals surface area contributed by atoms with Crippen LogP contribution in [-0.2, 0) is 14.7 Å². The largest absolute Gasteiger partial charge is 0.300 e. The molecule has 2 nitrogen and oxygen atoms in total. The summed E-state index contributed by atoms with van der Waals surface area (Å²) in [6.45, 7) is 5.14. The highest BCUT2D eigenvalue weighted by Crippen LogP contribution is 2.39. The van der Waals surface area contributed by atoms with E-state index in [2.05, 4.69) is 41.2 Å². The number of hydrogen-bond acceptors (Lipinski definition) is 2. The third-order valence-electron chi connectivity index (χ3n) is 3.00. The van der Waals surface area contributed by atoms with Gasteiger partial charge in [-0.25, -0.2) is 0 Å². The number of fused-ring (bicyclic) bond motifs is 1. The van der Waals surface area contributed by atoms with Crippen LogP contribution in [0.3, 0.4) is 0 Å². The molecule has 2 rings (SSSR count). The maximum Gasteiger partial charge on any atom is 0.156 e. The maximum absolute atomic E-state index is 11.1. The molecule has 1 atom stereocenters. The van der Waals surface area contributed by atoms with Crippen LogP contribution >= 0.6 is 15.9 Å². The molecule has 0 aromatic heterocycles. The molecule has 15 heavy (non-hydrogen) atoms. The summed E-state index contributed by atoms with van der Waals surface area (Å²) in [6.07, 6.45) is 0.918. The number of carbonyl (C=O) groups is 1. The Morgan fingerprint density at radius 3 is 2.53 bits per heavy atom. The number of alkyl halides is 1. The Morgan fingerprint density at radius 2 is 1.93 bits per heavy atom. The first-order valence-corrected chi connectivity index (χ1v) is 5.79. The summed E-state index contributed by atoms with van der Waals surface area (Å²) in [4.78, 5) is 11.1. The number of benzene rings is 1. The lowest BCUT2D eigenvalue weighted by Gasteiger charge is -2.40. The van der Waals surface area contributed by atoms with Gasteiger partial charge in [0.05, 0.1) is 0 Å². The molecule has 0 amide bonds. The molecule has 3 heteroatoms. The molecule has 1 aliphatic heterocycles. The highest BCUT2D eigenvalue weighted by molar-refractivity contribution is 9.10. The SMILES string of the molecule is CC1(C)CNC(Br)(C=O)c2ccccc21. The van der Waals surface area contributed by atoms with Crippen molar-refractivity contribution in [3.63, 3.8) is 0 Å². The molecular weight excluding hydrogens is 254 g/mol. The average Bonchev–Trinajstić information content (AvgIpc) is 2.25. The molecule has 1 heterocycles. The van der Waals surface area contributed by atoms with E-state index in [-0.39, 0.29) is 5.41 Å². The van der Waals surface area contributed by atoms with Crippen LogP contribution in [0.15, 0.2) is 24.3 Å². The van der Waals surface area contributed by atoms with E-state index in [0.29, 0.717) is 0 Å². The van der Waals surface area contributed by atoms with Crippen LogP contribution in [0.1, 0.15) is 25.0 Å². The lowest BCUT2D eigenvalue weighted by molar-refractivity contribution is -0.110. The third kappa shape index (κ3) is 1.64. The van der Waals surface area contributed by atoms with Crippen molar-refractivity contribution < 1.29 is 4.79 Å². The Morgan fingerprint density at radius 1 is 1.33 bits per heavy atom. The monoisotopic (exact) mass is 267 g/mol. The predicted octanol–water partition coefficient (Wildman–Crippen LogP) is 2.31. The molecule has 0 bridgehead atoms. The smallest absolute Gasteiger partial charge is 0.156 e. The topological polar surface area (TPSA) is 29.1 Å². The molecular formula is C12H14BrNO. The quantitative estimate of drug-likeness (QED) is 0.481. The van der Waals surface area contributed by atoms with E-state index in [1.165, 1.54) is 5.56 Å². The number of hydrogen-bond donors (Lipinski definition) is 1. The fourth-order valence-electron chi connectivity index (χ4n) is 2.04. The van der Waals surface area contributed by atoms with Crippen molar-refractivity contribution in [1.82, 2.24) is 5.32 Å². The second-order valence-electron chi connectivity index (χ2n) is 4.61. The van der Waals surface area contributed by atoms with Gasteiger partial charge in [-0.2, -0.15) is 0 Å². The van der Waals surface area contributed by atoms with Crippen LogP contribution in [0.2, 0.25) is 0 Å². The fourth-order valence-corrected chi connectivity index (χ4v) is 2.52. The number of carbonyl (C=O) groups excluding carboxylic acids is 1. The normalized spacial score (nSPS) is 28.2. The third-order valence-corrected chi connectivity index (χ3v) is 3.89. The van der Waals surface area contributed by atoms with Gasteiger partial charge >= 0.3 is 0 Å². The van der Waals surface area contributed by atoms with Crippen LogP contribution in [0.5, 0.6) is 0 Å². The minimum absolute atomic E-state index is 0.0663. The Bertz CT molecular complexity index is 402. The van der Waals surface area contributed by atoms with Crippen LogP contribution in [0.4, 0.5) is 0 Å². The molecule has 0 radical (unpaired) electrons. The summed E-state index contributed by atoms with van der Waals surface area (Å²) in [5, 5.41) is 3.24. The number of aldehydes is 1. The van der Waals surface area contributed by atoms with Gasteiger partial charge in [0, 0.05) is 12.0 Å². The van der Waals surface area contributed by atoms with E-state index in [4.69, 9.17) is 0 Å². The highest BCUT2D eigenvalue weighted by atomic mass is 79.9. The molecule has 1 N–H and O–H groups in total. The van der Waals surface area contributed by atoms with Gasteiger partial charge in [0.2, 0.25) is 0 Å². The lowest BCUT2D eigenvalue weighted by atomic mass is 9.77. The zero-order valence-corrected chi connectivity index (χ0v) is 10.5. The molecule has 0 aliphatic carbocycles. The summed E-state index contributed by atoms with van der Waals surface area (Å²) in [5.41, 5.74) is 2.32. The van der Waals surface area contributed by atoms with Gasteiger partial charge in [-0.05, 0) is 11.1 Å². The van der Waals surface area contributed by atoms with Crippen molar-refractivity contribution in [1.29, 1.82) is 0 Å². The van der Waals surface area contributed by atoms with E-state index in [9.17, 15) is 4.79 Å². The number of nitrogens with one attached hydrogen (secondary N) is 1. The summed E-state index contributed by atoms with van der Waals surface area (Å²) in [6, 6.07) is 8.06. The summed E-state index contributed by atoms with van der Waals surface area (Å²) < 4.78 is -0.709. The van der Waals surface area contributed by atoms with Crippen LogP contribution in [-0.4, -0.2) is 12.8 Å². The van der Waals surface area contributed by atoms with Gasteiger partial charge in [0.15, 0.2) is 10.7 Å². The molecule has 1 aromatic carbocycles. The standard InChI is InChI=1S/C12H14BrNO/c1-11(2)7-14-12(13,8-15)10-6-4-3-5-9(10)11/h3-6,8,14H,7H2,1-2H3. The van der Waals surface area contributed by atoms with Crippen LogP contribution in [0, 0.1) is 0 Å². The zero-order chi connectivity index (χ0) is 11.1. The second kappa shape index (κ2) is 3.42. The van der Waals surface area contributed by atoms with Crippen molar-refractivity contribution in [2.75, 3.05) is 6.54 Å². The zero-order valence-electron chi connectivity index (χ0n) is 8.88. The van der Waals surface area contributed by atoms with Gasteiger partial charge < -0.3 is 0 Å². The highest BCUT2D eigenvalue weighted by Gasteiger charge is 2.40. The Labute approximate surface area is 98.2 Å². The van der Waals surface area contributed by atoms with Gasteiger partial charge in [0.1, 0.15) is 0 Å². The van der Waals surface area contributed by atoms with Crippen molar-refractivity contribution in [2.45, 2.75) is 23.7 Å². The van der Waals surface area contributed by atoms with E-state index in [1.54, 1.807) is 0 Å². The number of rotatable bonds is 1. The molecule has 0 fully saturated rings. The molecule has 1 aliphatic rings. The lowest BCUT2D eigenvalue weighted by Crippen LogP contribution is -2.50. The molecule has 80 valence electrons. The van der Waals surface area contributed by atoms with Gasteiger partial charge in [0.25, 0.3) is 0 Å². The predicted molar refractivity (Wildman–Crippen MR) is 64.1 cm³/mol. The van der Waals surface area contributed by atoms with E-state index >= 15 is 0 Å². The summed E-state index contributed by atoms with van der Waals surface area (Å²) in [5.74, 6) is 0. The maximum atomic E-state index is 11.1. The summed E-state index contributed by atoms with van der Waals surface area (Å²) in [7, 11) is 0. The number of halogens is 1. The minimum atomic E-state index is -0.709. The van der Waals surface area contributed by atoms with Gasteiger partial charge in [-0.1, -0.05) is 54.0 Å². The van der Waals surface area contributed by atoms with E-state index < -0.39 is 4.45 Å². The first kappa shape index (κ1) is 10.8. The minimum Gasteiger partial charge on any atom is -0.300 e. The van der Waals surface area contributed by atoms with Crippen molar-refractivity contribution in [3.05, 3.63) is 35.4 Å². The first-order valence-electron chi connectivity index (χ1n) is 5.00. The van der Waals surface area contributed by atoms with Crippen molar-refractivity contribution in [2.24, 2.45) is 0 Å². The molecule has 0 saturated carbocycles. The fraction of sp³-hybridized carbons (Fsp3) is 0.417. The molecule has 0 saturated heterocycles. The molecule has 1 aromatic rings. The van der Waals surface area contributed by atoms with E-state index in [1.807, 2.05) is 18.2 Å². The van der Waals surface area contributed by atoms with Crippen molar-refractivity contribution >= 4 is 22.2 Å². The Hall–Kier alpha value is -0.670. The molecule has 1 unspecified atom stereocenters. The Balaban J connectivity index is 2.63. The molecule has 0 spiro atoms. The second-order valence-corrected chi connectivity index (χ2v) is 5.86. The first-order chi connectivity index (χ1) is 6.99. The average molecular weight is 268 g/mol. The van der Waals surface area contributed by atoms with Crippen LogP contribution < -0.4 is 5.32 Å².